The molecule has 0 aliphatic carbocycles. The predicted molar refractivity (Wildman–Crippen MR) is 63.8 cm³/mol. The molecule has 0 saturated heterocycles. The third kappa shape index (κ3) is 2.60. The number of benzene rings is 1. The summed E-state index contributed by atoms with van der Waals surface area (Å²) in [7, 11) is 0. The number of rotatable bonds is 1. The normalized spacial score (nSPS) is 14.6. The molecular formula is C12H12ClFN2. The van der Waals surface area contributed by atoms with E-state index in [1.807, 2.05) is 6.07 Å². The number of nitrogens with one attached hydrogen (secondary N) is 1. The van der Waals surface area contributed by atoms with Gasteiger partial charge in [0.15, 0.2) is 0 Å². The van der Waals surface area contributed by atoms with Crippen LogP contribution in [0.2, 0.25) is 0 Å². The van der Waals surface area contributed by atoms with E-state index in [0.29, 0.717) is 0 Å². The van der Waals surface area contributed by atoms with Crippen molar-refractivity contribution in [2.24, 2.45) is 0 Å². The molecule has 1 aliphatic heterocycles. The quantitative estimate of drug-likeness (QED) is 0.816. The Balaban J connectivity index is 0.00000128. The molecule has 0 unspecified atom stereocenters. The summed E-state index contributed by atoms with van der Waals surface area (Å²) in [5.41, 5.74) is 2.14. The van der Waals surface area contributed by atoms with Gasteiger partial charge < -0.3 is 5.32 Å². The van der Waals surface area contributed by atoms with Crippen molar-refractivity contribution in [1.29, 1.82) is 5.26 Å². The summed E-state index contributed by atoms with van der Waals surface area (Å²) < 4.78 is 13.3. The second-order valence-electron chi connectivity index (χ2n) is 3.49. The SMILES string of the molecule is Cl.N#Cc1ccc(C2=CCNCC2)cc1F. The van der Waals surface area contributed by atoms with Crippen molar-refractivity contribution in [2.45, 2.75) is 6.42 Å². The van der Waals surface area contributed by atoms with Crippen molar-refractivity contribution in [3.8, 4) is 6.07 Å². The lowest BCUT2D eigenvalue weighted by atomic mass is 9.99. The van der Waals surface area contributed by atoms with Gasteiger partial charge in [-0.25, -0.2) is 4.39 Å². The van der Waals surface area contributed by atoms with Gasteiger partial charge in [0.2, 0.25) is 0 Å². The molecule has 16 heavy (non-hydrogen) atoms. The molecule has 0 atom stereocenters. The second-order valence-corrected chi connectivity index (χ2v) is 3.49. The Hall–Kier alpha value is -1.37. The zero-order valence-electron chi connectivity index (χ0n) is 8.66. The number of hydrogen-bond donors (Lipinski definition) is 1. The maximum absolute atomic E-state index is 13.3. The van der Waals surface area contributed by atoms with Crippen LogP contribution in [-0.4, -0.2) is 13.1 Å². The first kappa shape index (κ1) is 12.7. The Morgan fingerprint density at radius 2 is 2.19 bits per heavy atom. The molecule has 0 saturated carbocycles. The van der Waals surface area contributed by atoms with Gasteiger partial charge in [0.05, 0.1) is 5.56 Å². The van der Waals surface area contributed by atoms with Gasteiger partial charge in [-0.2, -0.15) is 5.26 Å². The maximum Gasteiger partial charge on any atom is 0.141 e. The average molecular weight is 239 g/mol. The average Bonchev–Trinajstić information content (AvgIpc) is 2.30. The Kier molecular flexibility index (Phi) is 4.48. The fourth-order valence-corrected chi connectivity index (χ4v) is 1.69. The van der Waals surface area contributed by atoms with E-state index in [9.17, 15) is 4.39 Å². The molecule has 1 aromatic carbocycles. The molecule has 4 heteroatoms. The minimum atomic E-state index is -0.436. The summed E-state index contributed by atoms with van der Waals surface area (Å²) >= 11 is 0. The molecule has 0 radical (unpaired) electrons. The van der Waals surface area contributed by atoms with Crippen LogP contribution in [0.5, 0.6) is 0 Å². The molecule has 1 N–H and O–H groups in total. The lowest BCUT2D eigenvalue weighted by molar-refractivity contribution is 0.623. The van der Waals surface area contributed by atoms with Gasteiger partial charge in [-0.1, -0.05) is 12.1 Å². The number of nitriles is 1. The highest BCUT2D eigenvalue weighted by Gasteiger charge is 2.08. The lowest BCUT2D eigenvalue weighted by Crippen LogP contribution is -2.20. The van der Waals surface area contributed by atoms with Crippen LogP contribution in [-0.2, 0) is 0 Å². The molecule has 2 rings (SSSR count). The van der Waals surface area contributed by atoms with Crippen LogP contribution in [0.25, 0.3) is 5.57 Å². The Labute approximate surface area is 100 Å². The topological polar surface area (TPSA) is 35.8 Å². The lowest BCUT2D eigenvalue weighted by Gasteiger charge is -2.14. The van der Waals surface area contributed by atoms with Crippen LogP contribution < -0.4 is 5.32 Å². The van der Waals surface area contributed by atoms with Crippen molar-refractivity contribution >= 4 is 18.0 Å². The standard InChI is InChI=1S/C12H11FN2.ClH/c13-12-7-10(1-2-11(12)8-14)9-3-5-15-6-4-9;/h1-3,7,15H,4-6H2;1H. The van der Waals surface area contributed by atoms with E-state index in [1.165, 1.54) is 12.1 Å². The largest absolute Gasteiger partial charge is 0.313 e. The summed E-state index contributed by atoms with van der Waals surface area (Å²) in [4.78, 5) is 0. The summed E-state index contributed by atoms with van der Waals surface area (Å²) in [5, 5.41) is 11.8. The van der Waals surface area contributed by atoms with Crippen molar-refractivity contribution in [2.75, 3.05) is 13.1 Å². The molecule has 1 aromatic rings. The first-order valence-corrected chi connectivity index (χ1v) is 4.91. The first-order chi connectivity index (χ1) is 7.31. The summed E-state index contributed by atoms with van der Waals surface area (Å²) in [6.07, 6.45) is 2.97. The molecule has 1 heterocycles. The molecule has 0 bridgehead atoms. The Morgan fingerprint density at radius 1 is 1.38 bits per heavy atom. The first-order valence-electron chi connectivity index (χ1n) is 4.91. The van der Waals surface area contributed by atoms with Gasteiger partial charge in [-0.15, -0.1) is 12.4 Å². The molecule has 84 valence electrons. The summed E-state index contributed by atoms with van der Waals surface area (Å²) in [5.74, 6) is -0.436. The zero-order valence-corrected chi connectivity index (χ0v) is 9.48. The summed E-state index contributed by atoms with van der Waals surface area (Å²) in [6, 6.07) is 6.60. The molecule has 1 aliphatic rings. The van der Waals surface area contributed by atoms with Gasteiger partial charge in [0, 0.05) is 6.54 Å². The van der Waals surface area contributed by atoms with E-state index in [2.05, 4.69) is 11.4 Å². The molecule has 0 fully saturated rings. The third-order valence-corrected chi connectivity index (χ3v) is 2.52. The van der Waals surface area contributed by atoms with Crippen LogP contribution in [0.1, 0.15) is 17.5 Å². The fraction of sp³-hybridized carbons (Fsp3) is 0.250. The second kappa shape index (κ2) is 5.64. The van der Waals surface area contributed by atoms with Crippen molar-refractivity contribution < 1.29 is 4.39 Å². The summed E-state index contributed by atoms with van der Waals surface area (Å²) in [6.45, 7) is 1.75. The molecular weight excluding hydrogens is 227 g/mol. The number of hydrogen-bond acceptors (Lipinski definition) is 2. The van der Waals surface area contributed by atoms with Crippen LogP contribution >= 0.6 is 12.4 Å². The maximum atomic E-state index is 13.3. The monoisotopic (exact) mass is 238 g/mol. The van der Waals surface area contributed by atoms with Gasteiger partial charge in [0.1, 0.15) is 11.9 Å². The van der Waals surface area contributed by atoms with E-state index in [1.54, 1.807) is 6.07 Å². The highest BCUT2D eigenvalue weighted by Crippen LogP contribution is 2.21. The van der Waals surface area contributed by atoms with Crippen LogP contribution in [0, 0.1) is 17.1 Å². The minimum Gasteiger partial charge on any atom is -0.313 e. The van der Waals surface area contributed by atoms with Crippen molar-refractivity contribution in [1.82, 2.24) is 5.32 Å². The van der Waals surface area contributed by atoms with Crippen LogP contribution in [0.15, 0.2) is 24.3 Å². The zero-order chi connectivity index (χ0) is 10.7. The third-order valence-electron chi connectivity index (χ3n) is 2.52. The predicted octanol–water partition coefficient (Wildman–Crippen LogP) is 2.50. The highest BCUT2D eigenvalue weighted by atomic mass is 35.5. The number of halogens is 2. The molecule has 2 nitrogen and oxygen atoms in total. The van der Waals surface area contributed by atoms with Crippen LogP contribution in [0.4, 0.5) is 4.39 Å². The van der Waals surface area contributed by atoms with Crippen molar-refractivity contribution in [3.63, 3.8) is 0 Å². The van der Waals surface area contributed by atoms with E-state index in [-0.39, 0.29) is 18.0 Å². The Morgan fingerprint density at radius 3 is 2.75 bits per heavy atom. The number of nitrogens with zero attached hydrogens (tertiary/aromatic N) is 1. The fourth-order valence-electron chi connectivity index (χ4n) is 1.69. The highest BCUT2D eigenvalue weighted by molar-refractivity contribution is 5.85. The smallest absolute Gasteiger partial charge is 0.141 e. The van der Waals surface area contributed by atoms with E-state index >= 15 is 0 Å². The van der Waals surface area contributed by atoms with Gasteiger partial charge in [-0.05, 0) is 36.2 Å². The Bertz CT molecular complexity index is 449. The molecule has 0 aromatic heterocycles. The molecule has 0 spiro atoms. The van der Waals surface area contributed by atoms with Gasteiger partial charge in [-0.3, -0.25) is 0 Å². The van der Waals surface area contributed by atoms with E-state index in [4.69, 9.17) is 5.26 Å². The van der Waals surface area contributed by atoms with E-state index < -0.39 is 5.82 Å². The van der Waals surface area contributed by atoms with Crippen molar-refractivity contribution in [3.05, 3.63) is 41.2 Å². The minimum absolute atomic E-state index is 0. The molecule has 0 amide bonds. The van der Waals surface area contributed by atoms with Gasteiger partial charge in [0.25, 0.3) is 0 Å². The van der Waals surface area contributed by atoms with Crippen LogP contribution in [0.3, 0.4) is 0 Å². The van der Waals surface area contributed by atoms with E-state index in [0.717, 1.165) is 30.6 Å². The van der Waals surface area contributed by atoms with Gasteiger partial charge >= 0.3 is 0 Å².